The van der Waals surface area contributed by atoms with E-state index < -0.39 is 0 Å². The third-order valence-electron chi connectivity index (χ3n) is 3.24. The molecule has 0 radical (unpaired) electrons. The van der Waals surface area contributed by atoms with E-state index in [0.717, 1.165) is 8.95 Å². The molecule has 0 heterocycles. The molecule has 0 aliphatic heterocycles. The van der Waals surface area contributed by atoms with Gasteiger partial charge in [0.2, 0.25) is 0 Å². The second-order valence-corrected chi connectivity index (χ2v) is 6.25. The number of rotatable bonds is 2. The molecule has 3 aromatic rings. The smallest absolute Gasteiger partial charge is 0.0265 e. The van der Waals surface area contributed by atoms with E-state index in [9.17, 15) is 0 Å². The van der Waals surface area contributed by atoms with Crippen molar-refractivity contribution >= 4 is 31.9 Å². The van der Waals surface area contributed by atoms with Gasteiger partial charge in [0.05, 0.1) is 0 Å². The summed E-state index contributed by atoms with van der Waals surface area (Å²) in [7, 11) is 0. The van der Waals surface area contributed by atoms with Gasteiger partial charge in [-0.05, 0) is 28.8 Å². The third kappa shape index (κ3) is 2.72. The first-order valence-electron chi connectivity index (χ1n) is 6.35. The van der Waals surface area contributed by atoms with Crippen LogP contribution in [0.5, 0.6) is 0 Å². The maximum absolute atomic E-state index is 3.62. The lowest BCUT2D eigenvalue weighted by Crippen LogP contribution is -1.83. The van der Waals surface area contributed by atoms with E-state index in [1.54, 1.807) is 0 Å². The highest BCUT2D eigenvalue weighted by molar-refractivity contribution is 9.11. The highest BCUT2D eigenvalue weighted by atomic mass is 79.9. The Bertz CT molecular complexity index is 696. The van der Waals surface area contributed by atoms with Crippen LogP contribution in [0.1, 0.15) is 0 Å². The van der Waals surface area contributed by atoms with Crippen LogP contribution >= 0.6 is 31.9 Å². The number of hydrogen-bond donors (Lipinski definition) is 0. The van der Waals surface area contributed by atoms with Crippen LogP contribution in [0.25, 0.3) is 22.3 Å². The van der Waals surface area contributed by atoms with Gasteiger partial charge in [0.15, 0.2) is 0 Å². The molecule has 0 N–H and O–H groups in total. The molecule has 0 aliphatic carbocycles. The van der Waals surface area contributed by atoms with Gasteiger partial charge < -0.3 is 0 Å². The third-order valence-corrected chi connectivity index (χ3v) is 4.57. The van der Waals surface area contributed by atoms with Crippen molar-refractivity contribution in [1.82, 2.24) is 0 Å². The van der Waals surface area contributed by atoms with Crippen molar-refractivity contribution in [1.29, 1.82) is 0 Å². The summed E-state index contributed by atoms with van der Waals surface area (Å²) in [5.41, 5.74) is 4.86. The molecule has 2 heteroatoms. The van der Waals surface area contributed by atoms with Crippen molar-refractivity contribution in [2.24, 2.45) is 0 Å². The first kappa shape index (κ1) is 13.6. The first-order valence-corrected chi connectivity index (χ1v) is 7.94. The molecule has 0 atom stereocenters. The van der Waals surface area contributed by atoms with Gasteiger partial charge in [0, 0.05) is 14.5 Å². The number of halogens is 2. The Kier molecular flexibility index (Phi) is 4.04. The molecule has 0 bridgehead atoms. The van der Waals surface area contributed by atoms with E-state index in [4.69, 9.17) is 0 Å². The lowest BCUT2D eigenvalue weighted by atomic mass is 10.0. The molecule has 0 unspecified atom stereocenters. The summed E-state index contributed by atoms with van der Waals surface area (Å²) in [4.78, 5) is 0. The van der Waals surface area contributed by atoms with Crippen LogP contribution in [0.3, 0.4) is 0 Å². The molecular weight excluding hydrogens is 376 g/mol. The zero-order valence-electron chi connectivity index (χ0n) is 10.7. The normalized spacial score (nSPS) is 10.5. The van der Waals surface area contributed by atoms with E-state index in [2.05, 4.69) is 92.5 Å². The molecule has 20 heavy (non-hydrogen) atoms. The Balaban J connectivity index is 2.02. The topological polar surface area (TPSA) is 0 Å². The maximum Gasteiger partial charge on any atom is 0.0265 e. The highest BCUT2D eigenvalue weighted by Crippen LogP contribution is 2.35. The summed E-state index contributed by atoms with van der Waals surface area (Å²) in [5, 5.41) is 0. The summed E-state index contributed by atoms with van der Waals surface area (Å²) in [6.45, 7) is 0. The fourth-order valence-corrected chi connectivity index (χ4v) is 3.69. The van der Waals surface area contributed by atoms with Crippen LogP contribution in [-0.2, 0) is 0 Å². The Labute approximate surface area is 135 Å². The fourth-order valence-electron chi connectivity index (χ4n) is 2.23. The molecule has 0 nitrogen and oxygen atoms in total. The molecule has 0 fully saturated rings. The number of hydrogen-bond acceptors (Lipinski definition) is 0. The Morgan fingerprint density at radius 1 is 0.450 bits per heavy atom. The Morgan fingerprint density at radius 3 is 1.55 bits per heavy atom. The summed E-state index contributed by atoms with van der Waals surface area (Å²) >= 11 is 7.23. The lowest BCUT2D eigenvalue weighted by Gasteiger charge is -2.09. The minimum atomic E-state index is 1.10. The van der Waals surface area contributed by atoms with Gasteiger partial charge in [-0.3, -0.25) is 0 Å². The Morgan fingerprint density at radius 2 is 0.950 bits per heavy atom. The van der Waals surface area contributed by atoms with Gasteiger partial charge in [-0.1, -0.05) is 92.5 Å². The Hall–Kier alpha value is -1.38. The van der Waals surface area contributed by atoms with E-state index in [1.165, 1.54) is 22.3 Å². The van der Waals surface area contributed by atoms with Crippen molar-refractivity contribution in [3.63, 3.8) is 0 Å². The minimum Gasteiger partial charge on any atom is -0.0622 e. The van der Waals surface area contributed by atoms with Gasteiger partial charge in [-0.2, -0.15) is 0 Å². The molecular formula is C18H12Br2. The minimum absolute atomic E-state index is 1.10. The first-order chi connectivity index (χ1) is 9.75. The van der Waals surface area contributed by atoms with Gasteiger partial charge in [0.25, 0.3) is 0 Å². The van der Waals surface area contributed by atoms with E-state index in [1.807, 2.05) is 12.1 Å². The average molecular weight is 388 g/mol. The summed E-state index contributed by atoms with van der Waals surface area (Å²) in [6, 6.07) is 25.2. The zero-order valence-corrected chi connectivity index (χ0v) is 13.9. The average Bonchev–Trinajstić information content (AvgIpc) is 2.49. The second kappa shape index (κ2) is 5.94. The lowest BCUT2D eigenvalue weighted by molar-refractivity contribution is 1.54. The van der Waals surface area contributed by atoms with Crippen LogP contribution in [0.2, 0.25) is 0 Å². The van der Waals surface area contributed by atoms with Crippen LogP contribution < -0.4 is 0 Å². The van der Waals surface area contributed by atoms with Gasteiger partial charge in [0.1, 0.15) is 0 Å². The molecule has 3 aromatic carbocycles. The van der Waals surface area contributed by atoms with Crippen LogP contribution in [-0.4, -0.2) is 0 Å². The molecule has 3 rings (SSSR count). The van der Waals surface area contributed by atoms with Crippen molar-refractivity contribution in [2.45, 2.75) is 0 Å². The van der Waals surface area contributed by atoms with Crippen molar-refractivity contribution in [2.75, 3.05) is 0 Å². The maximum atomic E-state index is 3.62. The standard InChI is InChI=1S/C18H12Br2/c19-16-7-4-8-17(20)18(16)15-11-9-14(10-12-15)13-5-2-1-3-6-13/h1-12H. The van der Waals surface area contributed by atoms with Gasteiger partial charge in [-0.15, -0.1) is 0 Å². The van der Waals surface area contributed by atoms with Gasteiger partial charge in [-0.25, -0.2) is 0 Å². The predicted molar refractivity (Wildman–Crippen MR) is 92.7 cm³/mol. The summed E-state index contributed by atoms with van der Waals surface area (Å²) < 4.78 is 2.19. The van der Waals surface area contributed by atoms with Crippen LogP contribution in [0.15, 0.2) is 81.7 Å². The predicted octanol–water partition coefficient (Wildman–Crippen LogP) is 6.55. The van der Waals surface area contributed by atoms with Gasteiger partial charge >= 0.3 is 0 Å². The van der Waals surface area contributed by atoms with Crippen molar-refractivity contribution < 1.29 is 0 Å². The molecule has 0 saturated carbocycles. The quantitative estimate of drug-likeness (QED) is 0.467. The highest BCUT2D eigenvalue weighted by Gasteiger charge is 2.07. The molecule has 0 aromatic heterocycles. The molecule has 0 amide bonds. The molecule has 0 saturated heterocycles. The SMILES string of the molecule is Brc1cccc(Br)c1-c1ccc(-c2ccccc2)cc1. The fraction of sp³-hybridized carbons (Fsp3) is 0. The second-order valence-electron chi connectivity index (χ2n) is 4.54. The number of benzene rings is 3. The molecule has 0 aliphatic rings. The van der Waals surface area contributed by atoms with E-state index in [-0.39, 0.29) is 0 Å². The summed E-state index contributed by atoms with van der Waals surface area (Å²) in [6.07, 6.45) is 0. The summed E-state index contributed by atoms with van der Waals surface area (Å²) in [5.74, 6) is 0. The van der Waals surface area contributed by atoms with Crippen molar-refractivity contribution in [3.8, 4) is 22.3 Å². The molecule has 98 valence electrons. The van der Waals surface area contributed by atoms with E-state index >= 15 is 0 Å². The zero-order chi connectivity index (χ0) is 13.9. The van der Waals surface area contributed by atoms with Crippen molar-refractivity contribution in [3.05, 3.63) is 81.7 Å². The monoisotopic (exact) mass is 386 g/mol. The van der Waals surface area contributed by atoms with Crippen LogP contribution in [0, 0.1) is 0 Å². The van der Waals surface area contributed by atoms with E-state index in [0.29, 0.717) is 0 Å². The molecule has 0 spiro atoms. The van der Waals surface area contributed by atoms with Crippen LogP contribution in [0.4, 0.5) is 0 Å². The largest absolute Gasteiger partial charge is 0.0622 e.